The summed E-state index contributed by atoms with van der Waals surface area (Å²) in [5, 5.41) is 8.96. The maximum atomic E-state index is 6.76. The number of hydrogen-bond donors (Lipinski definition) is 2. The van der Waals surface area contributed by atoms with Crippen LogP contribution >= 0.6 is 11.6 Å². The summed E-state index contributed by atoms with van der Waals surface area (Å²) in [5.41, 5.74) is 3.07. The number of anilines is 1. The van der Waals surface area contributed by atoms with E-state index in [1.807, 2.05) is 0 Å². The van der Waals surface area contributed by atoms with Crippen molar-refractivity contribution in [3.63, 3.8) is 0 Å². The molecule has 1 saturated carbocycles. The van der Waals surface area contributed by atoms with Gasteiger partial charge in [0.15, 0.2) is 0 Å². The van der Waals surface area contributed by atoms with Crippen LogP contribution in [0.2, 0.25) is 5.02 Å². The molecule has 6 rings (SSSR count). The van der Waals surface area contributed by atoms with Crippen LogP contribution in [0, 0.1) is 0 Å². The summed E-state index contributed by atoms with van der Waals surface area (Å²) in [7, 11) is 0. The summed E-state index contributed by atoms with van der Waals surface area (Å²) in [5.74, 6) is 1.89. The standard InChI is InChI=1S/C24H31ClN4O/c1-16-26-22-20(25)13-17-12-19(15-28-10-11-29-9-5-6-18(29)14-28)30-23(17)21(22)24(27-16)7-3-2-4-8-24/h12-13,18,26-27H,1-11,14-15H2. The molecule has 0 amide bonds. The first-order chi connectivity index (χ1) is 14.6. The Morgan fingerprint density at radius 1 is 1.13 bits per heavy atom. The predicted octanol–water partition coefficient (Wildman–Crippen LogP) is 5.01. The van der Waals surface area contributed by atoms with Crippen molar-refractivity contribution >= 4 is 28.3 Å². The molecule has 2 saturated heterocycles. The van der Waals surface area contributed by atoms with Crippen LogP contribution in [-0.2, 0) is 12.1 Å². The molecule has 1 aromatic heterocycles. The van der Waals surface area contributed by atoms with E-state index in [4.69, 9.17) is 16.0 Å². The zero-order valence-electron chi connectivity index (χ0n) is 17.6. The molecule has 0 radical (unpaired) electrons. The van der Waals surface area contributed by atoms with E-state index in [0.29, 0.717) is 0 Å². The largest absolute Gasteiger partial charge is 0.459 e. The lowest BCUT2D eigenvalue weighted by molar-refractivity contribution is 0.0945. The van der Waals surface area contributed by atoms with Gasteiger partial charge >= 0.3 is 0 Å². The second kappa shape index (κ2) is 7.18. The van der Waals surface area contributed by atoms with Crippen LogP contribution < -0.4 is 10.6 Å². The Morgan fingerprint density at radius 2 is 2.00 bits per heavy atom. The Bertz CT molecular complexity index is 993. The molecule has 2 aromatic rings. The van der Waals surface area contributed by atoms with Gasteiger partial charge in [-0.2, -0.15) is 0 Å². The van der Waals surface area contributed by atoms with Gasteiger partial charge in [-0.25, -0.2) is 0 Å². The van der Waals surface area contributed by atoms with Crippen LogP contribution in [0.25, 0.3) is 11.0 Å². The maximum absolute atomic E-state index is 6.76. The van der Waals surface area contributed by atoms with E-state index in [1.54, 1.807) is 0 Å². The first-order valence-corrected chi connectivity index (χ1v) is 11.9. The molecular weight excluding hydrogens is 396 g/mol. The van der Waals surface area contributed by atoms with Crippen LogP contribution in [0.15, 0.2) is 28.9 Å². The number of fused-ring (bicyclic) bond motifs is 5. The number of piperazine rings is 1. The molecule has 6 heteroatoms. The fourth-order valence-corrected chi connectivity index (χ4v) is 6.60. The van der Waals surface area contributed by atoms with Crippen molar-refractivity contribution in [1.82, 2.24) is 15.1 Å². The van der Waals surface area contributed by atoms with Crippen LogP contribution in [0.4, 0.5) is 5.69 Å². The topological polar surface area (TPSA) is 43.7 Å². The van der Waals surface area contributed by atoms with Gasteiger partial charge in [-0.3, -0.25) is 9.80 Å². The van der Waals surface area contributed by atoms with E-state index in [1.165, 1.54) is 50.8 Å². The van der Waals surface area contributed by atoms with Crippen LogP contribution in [0.3, 0.4) is 0 Å². The van der Waals surface area contributed by atoms with Crippen molar-refractivity contribution in [2.24, 2.45) is 0 Å². The zero-order valence-corrected chi connectivity index (χ0v) is 18.4. The summed E-state index contributed by atoms with van der Waals surface area (Å²) < 4.78 is 6.57. The van der Waals surface area contributed by atoms with Gasteiger partial charge < -0.3 is 15.1 Å². The molecule has 30 heavy (non-hydrogen) atoms. The summed E-state index contributed by atoms with van der Waals surface area (Å²) in [6.45, 7) is 9.80. The van der Waals surface area contributed by atoms with Crippen molar-refractivity contribution in [3.05, 3.63) is 40.9 Å². The van der Waals surface area contributed by atoms with E-state index in [9.17, 15) is 0 Å². The van der Waals surface area contributed by atoms with E-state index in [-0.39, 0.29) is 5.54 Å². The quantitative estimate of drug-likeness (QED) is 0.706. The molecule has 4 aliphatic rings. The van der Waals surface area contributed by atoms with Gasteiger partial charge in [0.2, 0.25) is 0 Å². The van der Waals surface area contributed by atoms with E-state index < -0.39 is 0 Å². The van der Waals surface area contributed by atoms with Crippen molar-refractivity contribution < 1.29 is 4.42 Å². The first kappa shape index (κ1) is 19.0. The SMILES string of the molecule is C=C1Nc2c(Cl)cc3cc(CN4CCN5CCCC5C4)oc3c2C2(CCCCC2)N1. The van der Waals surface area contributed by atoms with E-state index in [0.717, 1.165) is 71.8 Å². The second-order valence-corrected chi connectivity index (χ2v) is 10.1. The average molecular weight is 427 g/mol. The Morgan fingerprint density at radius 3 is 2.87 bits per heavy atom. The van der Waals surface area contributed by atoms with Crippen molar-refractivity contribution in [2.45, 2.75) is 63.1 Å². The average Bonchev–Trinajstić information content (AvgIpc) is 3.34. The summed E-state index contributed by atoms with van der Waals surface area (Å²) in [6, 6.07) is 5.00. The van der Waals surface area contributed by atoms with Gasteiger partial charge in [-0.1, -0.05) is 37.4 Å². The van der Waals surface area contributed by atoms with Crippen molar-refractivity contribution in [1.29, 1.82) is 0 Å². The molecule has 1 spiro atoms. The number of nitrogens with one attached hydrogen (secondary N) is 2. The lowest BCUT2D eigenvalue weighted by atomic mass is 9.74. The number of rotatable bonds is 2. The minimum atomic E-state index is -0.121. The molecular formula is C24H31ClN4O. The highest BCUT2D eigenvalue weighted by Gasteiger charge is 2.42. The molecule has 5 nitrogen and oxygen atoms in total. The summed E-state index contributed by atoms with van der Waals surface area (Å²) >= 11 is 6.76. The highest BCUT2D eigenvalue weighted by molar-refractivity contribution is 6.34. The molecule has 3 fully saturated rings. The normalized spacial score (nSPS) is 26.4. The van der Waals surface area contributed by atoms with Gasteiger partial charge in [0.25, 0.3) is 0 Å². The van der Waals surface area contributed by atoms with Crippen LogP contribution in [-0.4, -0.2) is 42.0 Å². The molecule has 1 unspecified atom stereocenters. The smallest absolute Gasteiger partial charge is 0.142 e. The molecule has 0 bridgehead atoms. The molecule has 1 aromatic carbocycles. The Labute approximate surface area is 183 Å². The third kappa shape index (κ3) is 3.05. The first-order valence-electron chi connectivity index (χ1n) is 11.6. The third-order valence-corrected chi connectivity index (χ3v) is 8.01. The second-order valence-electron chi connectivity index (χ2n) is 9.68. The number of hydrogen-bond acceptors (Lipinski definition) is 5. The predicted molar refractivity (Wildman–Crippen MR) is 122 cm³/mol. The van der Waals surface area contributed by atoms with Crippen LogP contribution in [0.1, 0.15) is 56.3 Å². The summed E-state index contributed by atoms with van der Waals surface area (Å²) in [4.78, 5) is 5.22. The number of furan rings is 1. The number of nitrogens with zero attached hydrogens (tertiary/aromatic N) is 2. The highest BCUT2D eigenvalue weighted by Crippen LogP contribution is 2.49. The lowest BCUT2D eigenvalue weighted by Gasteiger charge is -2.44. The van der Waals surface area contributed by atoms with E-state index in [2.05, 4.69) is 39.1 Å². The van der Waals surface area contributed by atoms with Gasteiger partial charge in [-0.05, 0) is 44.4 Å². The van der Waals surface area contributed by atoms with Crippen molar-refractivity contribution in [2.75, 3.05) is 31.5 Å². The molecule has 160 valence electrons. The Kier molecular flexibility index (Phi) is 4.55. The van der Waals surface area contributed by atoms with Crippen LogP contribution in [0.5, 0.6) is 0 Å². The maximum Gasteiger partial charge on any atom is 0.142 e. The van der Waals surface area contributed by atoms with Gasteiger partial charge in [0.05, 0.1) is 28.6 Å². The van der Waals surface area contributed by atoms with Crippen molar-refractivity contribution in [3.8, 4) is 0 Å². The molecule has 1 atom stereocenters. The molecule has 2 N–H and O–H groups in total. The zero-order chi connectivity index (χ0) is 20.3. The lowest BCUT2D eigenvalue weighted by Crippen LogP contribution is -2.49. The Hall–Kier alpha value is -1.69. The van der Waals surface area contributed by atoms with Gasteiger partial charge in [0, 0.05) is 36.6 Å². The monoisotopic (exact) mass is 426 g/mol. The fraction of sp³-hybridized carbons (Fsp3) is 0.583. The number of benzene rings is 1. The van der Waals surface area contributed by atoms with Gasteiger partial charge in [0.1, 0.15) is 11.3 Å². The molecule has 3 aliphatic heterocycles. The highest BCUT2D eigenvalue weighted by atomic mass is 35.5. The summed E-state index contributed by atoms with van der Waals surface area (Å²) in [6.07, 6.45) is 8.59. The molecule has 4 heterocycles. The van der Waals surface area contributed by atoms with E-state index >= 15 is 0 Å². The minimum absolute atomic E-state index is 0.121. The minimum Gasteiger partial charge on any atom is -0.459 e. The van der Waals surface area contributed by atoms with Gasteiger partial charge in [-0.15, -0.1) is 0 Å². The Balaban J connectivity index is 1.37. The third-order valence-electron chi connectivity index (χ3n) is 7.71. The molecule has 1 aliphatic carbocycles. The fourth-order valence-electron chi connectivity index (χ4n) is 6.34. The number of halogens is 1.